The fraction of sp³-hybridized carbons (Fsp3) is 0.692. The molecular formula is C13H22N4. The summed E-state index contributed by atoms with van der Waals surface area (Å²) in [5.41, 5.74) is 5.59. The Bertz CT molecular complexity index is 341. The van der Waals surface area contributed by atoms with E-state index in [0.29, 0.717) is 17.8 Å². The van der Waals surface area contributed by atoms with Gasteiger partial charge in [0.05, 0.1) is 12.4 Å². The lowest BCUT2D eigenvalue weighted by Gasteiger charge is -2.31. The molecule has 0 radical (unpaired) electrons. The number of hydrogen-bond donors (Lipinski definition) is 1. The molecule has 0 saturated heterocycles. The molecule has 2 rings (SSSR count). The molecule has 1 aliphatic rings. The van der Waals surface area contributed by atoms with Crippen LogP contribution in [-0.2, 0) is 0 Å². The van der Waals surface area contributed by atoms with Gasteiger partial charge in [0.1, 0.15) is 11.6 Å². The Balaban J connectivity index is 2.16. The van der Waals surface area contributed by atoms with Crippen molar-refractivity contribution < 1.29 is 0 Å². The minimum Gasteiger partial charge on any atom is -0.382 e. The topological polar surface area (TPSA) is 55.0 Å². The summed E-state index contributed by atoms with van der Waals surface area (Å²) < 4.78 is 0. The van der Waals surface area contributed by atoms with E-state index in [0.717, 1.165) is 12.4 Å². The fourth-order valence-corrected chi connectivity index (χ4v) is 2.52. The Morgan fingerprint density at radius 1 is 1.29 bits per heavy atom. The number of hydrogen-bond acceptors (Lipinski definition) is 4. The number of aromatic nitrogens is 2. The summed E-state index contributed by atoms with van der Waals surface area (Å²) in [6.45, 7) is 5.53. The maximum atomic E-state index is 5.59. The van der Waals surface area contributed by atoms with Gasteiger partial charge in [0.2, 0.25) is 0 Å². The Kier molecular flexibility index (Phi) is 3.82. The van der Waals surface area contributed by atoms with Crippen LogP contribution in [0, 0.1) is 5.92 Å². The predicted octanol–water partition coefficient (Wildman–Crippen LogP) is 2.46. The van der Waals surface area contributed by atoms with Gasteiger partial charge < -0.3 is 10.6 Å². The van der Waals surface area contributed by atoms with E-state index in [4.69, 9.17) is 5.73 Å². The molecule has 17 heavy (non-hydrogen) atoms. The van der Waals surface area contributed by atoms with Gasteiger partial charge >= 0.3 is 0 Å². The smallest absolute Gasteiger partial charge is 0.147 e. The lowest BCUT2D eigenvalue weighted by molar-refractivity contribution is 0.530. The van der Waals surface area contributed by atoms with Gasteiger partial charge in [0.15, 0.2) is 0 Å². The average Bonchev–Trinajstić information content (AvgIpc) is 2.80. The van der Waals surface area contributed by atoms with Crippen molar-refractivity contribution >= 4 is 11.6 Å². The monoisotopic (exact) mass is 234 g/mol. The van der Waals surface area contributed by atoms with E-state index in [1.54, 1.807) is 12.4 Å². The third kappa shape index (κ3) is 3.08. The van der Waals surface area contributed by atoms with Crippen molar-refractivity contribution in [3.8, 4) is 0 Å². The first-order valence-electron chi connectivity index (χ1n) is 6.51. The molecule has 0 spiro atoms. The molecule has 4 nitrogen and oxygen atoms in total. The first-order chi connectivity index (χ1) is 8.16. The average molecular weight is 234 g/mol. The van der Waals surface area contributed by atoms with Gasteiger partial charge in [-0.05, 0) is 18.8 Å². The SMILES string of the molecule is CC(C)CN(c1cnc(N)cn1)C1CCCC1. The highest BCUT2D eigenvalue weighted by atomic mass is 15.2. The van der Waals surface area contributed by atoms with Crippen molar-refractivity contribution in [3.63, 3.8) is 0 Å². The maximum Gasteiger partial charge on any atom is 0.147 e. The predicted molar refractivity (Wildman–Crippen MR) is 70.9 cm³/mol. The van der Waals surface area contributed by atoms with Crippen molar-refractivity contribution in [3.05, 3.63) is 12.4 Å². The first-order valence-corrected chi connectivity index (χ1v) is 6.51. The molecule has 0 amide bonds. The highest BCUT2D eigenvalue weighted by Crippen LogP contribution is 2.27. The first kappa shape index (κ1) is 12.1. The summed E-state index contributed by atoms with van der Waals surface area (Å²) in [5, 5.41) is 0. The lowest BCUT2D eigenvalue weighted by atomic mass is 10.1. The minimum absolute atomic E-state index is 0.490. The largest absolute Gasteiger partial charge is 0.382 e. The second-order valence-corrected chi connectivity index (χ2v) is 5.28. The van der Waals surface area contributed by atoms with Gasteiger partial charge in [0.25, 0.3) is 0 Å². The molecule has 1 heterocycles. The number of rotatable bonds is 4. The van der Waals surface area contributed by atoms with E-state index in [9.17, 15) is 0 Å². The lowest BCUT2D eigenvalue weighted by Crippen LogP contribution is -2.37. The molecule has 2 N–H and O–H groups in total. The highest BCUT2D eigenvalue weighted by Gasteiger charge is 2.24. The van der Waals surface area contributed by atoms with Crippen LogP contribution < -0.4 is 10.6 Å². The summed E-state index contributed by atoms with van der Waals surface area (Å²) in [5.74, 6) is 2.10. The fourth-order valence-electron chi connectivity index (χ4n) is 2.52. The molecule has 0 unspecified atom stereocenters. The van der Waals surface area contributed by atoms with Crippen LogP contribution >= 0.6 is 0 Å². The number of nitrogen functional groups attached to an aromatic ring is 1. The molecule has 1 saturated carbocycles. The summed E-state index contributed by atoms with van der Waals surface area (Å²) in [4.78, 5) is 11.0. The van der Waals surface area contributed by atoms with Crippen molar-refractivity contribution in [1.29, 1.82) is 0 Å². The van der Waals surface area contributed by atoms with E-state index in [1.807, 2.05) is 0 Å². The van der Waals surface area contributed by atoms with Crippen LogP contribution in [-0.4, -0.2) is 22.6 Å². The Morgan fingerprint density at radius 2 is 2.00 bits per heavy atom. The highest BCUT2D eigenvalue weighted by molar-refractivity contribution is 5.40. The molecular weight excluding hydrogens is 212 g/mol. The maximum absolute atomic E-state index is 5.59. The molecule has 1 aromatic heterocycles. The van der Waals surface area contributed by atoms with Gasteiger partial charge in [-0.25, -0.2) is 9.97 Å². The zero-order valence-electron chi connectivity index (χ0n) is 10.8. The number of anilines is 2. The molecule has 0 atom stereocenters. The van der Waals surface area contributed by atoms with Gasteiger partial charge in [-0.1, -0.05) is 26.7 Å². The van der Waals surface area contributed by atoms with Crippen molar-refractivity contribution in [2.75, 3.05) is 17.2 Å². The summed E-state index contributed by atoms with van der Waals surface area (Å²) >= 11 is 0. The summed E-state index contributed by atoms with van der Waals surface area (Å²) in [7, 11) is 0. The van der Waals surface area contributed by atoms with Crippen molar-refractivity contribution in [2.45, 2.75) is 45.6 Å². The molecule has 4 heteroatoms. The Morgan fingerprint density at radius 3 is 2.53 bits per heavy atom. The molecule has 0 aliphatic heterocycles. The van der Waals surface area contributed by atoms with E-state index in [1.165, 1.54) is 25.7 Å². The third-order valence-corrected chi connectivity index (χ3v) is 3.28. The van der Waals surface area contributed by atoms with Crippen LogP contribution in [0.5, 0.6) is 0 Å². The minimum atomic E-state index is 0.490. The molecule has 1 aliphatic carbocycles. The van der Waals surface area contributed by atoms with Crippen molar-refractivity contribution in [2.24, 2.45) is 5.92 Å². The summed E-state index contributed by atoms with van der Waals surface area (Å²) in [6, 6.07) is 0.635. The van der Waals surface area contributed by atoms with Gasteiger partial charge in [-0.15, -0.1) is 0 Å². The summed E-state index contributed by atoms with van der Waals surface area (Å²) in [6.07, 6.45) is 8.68. The normalized spacial score (nSPS) is 16.6. The standard InChI is InChI=1S/C13H22N4/c1-10(2)9-17(11-5-3-4-6-11)13-8-15-12(14)7-16-13/h7-8,10-11H,3-6,9H2,1-2H3,(H2,14,15). The second kappa shape index (κ2) is 5.34. The van der Waals surface area contributed by atoms with Gasteiger partial charge in [-0.2, -0.15) is 0 Å². The van der Waals surface area contributed by atoms with Crippen LogP contribution in [0.15, 0.2) is 12.4 Å². The van der Waals surface area contributed by atoms with Gasteiger partial charge in [0, 0.05) is 12.6 Å². The molecule has 0 aromatic carbocycles. The van der Waals surface area contributed by atoms with Crippen LogP contribution in [0.3, 0.4) is 0 Å². The molecule has 94 valence electrons. The molecule has 1 fully saturated rings. The van der Waals surface area contributed by atoms with E-state index < -0.39 is 0 Å². The van der Waals surface area contributed by atoms with Crippen LogP contribution in [0.25, 0.3) is 0 Å². The van der Waals surface area contributed by atoms with Crippen molar-refractivity contribution in [1.82, 2.24) is 9.97 Å². The number of nitrogens with zero attached hydrogens (tertiary/aromatic N) is 3. The number of nitrogens with two attached hydrogens (primary N) is 1. The van der Waals surface area contributed by atoms with Crippen LogP contribution in [0.4, 0.5) is 11.6 Å². The van der Waals surface area contributed by atoms with Crippen LogP contribution in [0.2, 0.25) is 0 Å². The van der Waals surface area contributed by atoms with Gasteiger partial charge in [-0.3, -0.25) is 0 Å². The Labute approximate surface area is 103 Å². The van der Waals surface area contributed by atoms with E-state index >= 15 is 0 Å². The third-order valence-electron chi connectivity index (χ3n) is 3.28. The quantitative estimate of drug-likeness (QED) is 0.869. The van der Waals surface area contributed by atoms with E-state index in [2.05, 4.69) is 28.7 Å². The molecule has 0 bridgehead atoms. The zero-order valence-corrected chi connectivity index (χ0v) is 10.8. The van der Waals surface area contributed by atoms with E-state index in [-0.39, 0.29) is 0 Å². The Hall–Kier alpha value is -1.32. The van der Waals surface area contributed by atoms with Crippen LogP contribution in [0.1, 0.15) is 39.5 Å². The molecule has 1 aromatic rings. The zero-order chi connectivity index (χ0) is 12.3. The second-order valence-electron chi connectivity index (χ2n) is 5.28.